The highest BCUT2D eigenvalue weighted by atomic mass is 15.3. The fourth-order valence-electron chi connectivity index (χ4n) is 1.82. The molecule has 0 unspecified atom stereocenters. The highest BCUT2D eigenvalue weighted by molar-refractivity contribution is 5.37. The Kier molecular flexibility index (Phi) is 2.92. The predicted octanol–water partition coefficient (Wildman–Crippen LogP) is 2.12. The smallest absolute Gasteiger partial charge is 0.147 e. The molecule has 0 spiro atoms. The second-order valence-electron chi connectivity index (χ2n) is 4.12. The minimum absolute atomic E-state index is 0.692. The maximum atomic E-state index is 8.81. The van der Waals surface area contributed by atoms with Crippen molar-refractivity contribution in [2.45, 2.75) is 27.3 Å². The average molecular weight is 226 g/mol. The first kappa shape index (κ1) is 11.3. The van der Waals surface area contributed by atoms with E-state index in [1.165, 1.54) is 0 Å². The van der Waals surface area contributed by atoms with Gasteiger partial charge in [-0.1, -0.05) is 6.07 Å². The first-order chi connectivity index (χ1) is 8.10. The summed E-state index contributed by atoms with van der Waals surface area (Å²) in [7, 11) is 0. The Bertz CT molecular complexity index is 590. The van der Waals surface area contributed by atoms with Crippen molar-refractivity contribution in [2.24, 2.45) is 0 Å². The number of aryl methyl sites for hydroxylation is 3. The van der Waals surface area contributed by atoms with Gasteiger partial charge in [-0.3, -0.25) is 0 Å². The zero-order valence-corrected chi connectivity index (χ0v) is 10.2. The Balaban J connectivity index is 2.31. The van der Waals surface area contributed by atoms with Crippen LogP contribution in [0.1, 0.15) is 28.3 Å². The van der Waals surface area contributed by atoms with Crippen LogP contribution in [-0.4, -0.2) is 14.8 Å². The molecule has 0 aliphatic carbocycles. The first-order valence-corrected chi connectivity index (χ1v) is 5.48. The van der Waals surface area contributed by atoms with Gasteiger partial charge in [0.1, 0.15) is 11.6 Å². The van der Waals surface area contributed by atoms with Gasteiger partial charge in [-0.15, -0.1) is 0 Å². The maximum absolute atomic E-state index is 8.81. The second kappa shape index (κ2) is 4.38. The van der Waals surface area contributed by atoms with Crippen molar-refractivity contribution in [1.29, 1.82) is 5.26 Å². The van der Waals surface area contributed by atoms with Crippen LogP contribution in [0, 0.1) is 32.1 Å². The molecule has 0 saturated carbocycles. The summed E-state index contributed by atoms with van der Waals surface area (Å²) in [6.45, 7) is 6.54. The molecule has 4 nitrogen and oxygen atoms in total. The predicted molar refractivity (Wildman–Crippen MR) is 64.5 cm³/mol. The summed E-state index contributed by atoms with van der Waals surface area (Å²) in [6.07, 6.45) is 0. The molecule has 0 radical (unpaired) electrons. The van der Waals surface area contributed by atoms with Gasteiger partial charge in [0.2, 0.25) is 0 Å². The molecule has 0 bridgehead atoms. The molecule has 1 aromatic carbocycles. The third-order valence-corrected chi connectivity index (χ3v) is 2.75. The fourth-order valence-corrected chi connectivity index (χ4v) is 1.82. The van der Waals surface area contributed by atoms with E-state index in [9.17, 15) is 0 Å². The molecule has 2 aromatic rings. The minimum atomic E-state index is 0.692. The van der Waals surface area contributed by atoms with E-state index in [2.05, 4.69) is 16.2 Å². The molecule has 0 amide bonds. The summed E-state index contributed by atoms with van der Waals surface area (Å²) in [5.74, 6) is 1.69. The van der Waals surface area contributed by atoms with Crippen molar-refractivity contribution in [3.63, 3.8) is 0 Å². The quantitative estimate of drug-likeness (QED) is 0.788. The first-order valence-electron chi connectivity index (χ1n) is 5.48. The molecule has 0 fully saturated rings. The van der Waals surface area contributed by atoms with Crippen LogP contribution in [0.5, 0.6) is 0 Å². The molecule has 0 atom stereocenters. The van der Waals surface area contributed by atoms with E-state index in [4.69, 9.17) is 5.26 Å². The number of rotatable bonds is 2. The van der Waals surface area contributed by atoms with Gasteiger partial charge in [-0.2, -0.15) is 10.4 Å². The van der Waals surface area contributed by atoms with Crippen LogP contribution in [0.2, 0.25) is 0 Å². The number of nitriles is 1. The van der Waals surface area contributed by atoms with E-state index in [0.717, 1.165) is 22.8 Å². The topological polar surface area (TPSA) is 54.5 Å². The van der Waals surface area contributed by atoms with Crippen molar-refractivity contribution >= 4 is 0 Å². The lowest BCUT2D eigenvalue weighted by Gasteiger charge is -2.07. The van der Waals surface area contributed by atoms with Gasteiger partial charge < -0.3 is 0 Å². The number of hydrogen-bond acceptors (Lipinski definition) is 3. The Morgan fingerprint density at radius 3 is 2.59 bits per heavy atom. The van der Waals surface area contributed by atoms with E-state index in [1.807, 2.05) is 43.7 Å². The van der Waals surface area contributed by atoms with Crippen molar-refractivity contribution in [2.75, 3.05) is 0 Å². The Hall–Kier alpha value is -2.15. The van der Waals surface area contributed by atoms with Crippen LogP contribution in [0.25, 0.3) is 0 Å². The summed E-state index contributed by atoms with van der Waals surface area (Å²) in [4.78, 5) is 4.27. The lowest BCUT2D eigenvalue weighted by Crippen LogP contribution is -2.05. The molecule has 0 saturated heterocycles. The van der Waals surface area contributed by atoms with Gasteiger partial charge in [-0.05, 0) is 44.0 Å². The Morgan fingerprint density at radius 1 is 1.29 bits per heavy atom. The lowest BCUT2D eigenvalue weighted by molar-refractivity contribution is 0.654. The van der Waals surface area contributed by atoms with Crippen LogP contribution in [0.3, 0.4) is 0 Å². The van der Waals surface area contributed by atoms with Crippen LogP contribution >= 0.6 is 0 Å². The van der Waals surface area contributed by atoms with E-state index in [-0.39, 0.29) is 0 Å². The number of aromatic nitrogens is 3. The normalized spacial score (nSPS) is 10.2. The van der Waals surface area contributed by atoms with E-state index >= 15 is 0 Å². The molecule has 2 rings (SSSR count). The van der Waals surface area contributed by atoms with Gasteiger partial charge >= 0.3 is 0 Å². The van der Waals surface area contributed by atoms with Crippen LogP contribution in [0.15, 0.2) is 18.2 Å². The molecule has 1 aromatic heterocycles. The third kappa shape index (κ3) is 2.34. The molecular weight excluding hydrogens is 212 g/mol. The van der Waals surface area contributed by atoms with E-state index in [1.54, 1.807) is 0 Å². The summed E-state index contributed by atoms with van der Waals surface area (Å²) in [6, 6.07) is 7.85. The van der Waals surface area contributed by atoms with Crippen molar-refractivity contribution in [3.8, 4) is 6.07 Å². The zero-order valence-electron chi connectivity index (χ0n) is 10.2. The molecule has 1 heterocycles. The standard InChI is InChI=1S/C13H14N4/c1-9-6-12(7-14)4-5-13(9)8-17-11(3)15-10(2)16-17/h4-6H,8H2,1-3H3. The molecule has 0 N–H and O–H groups in total. The second-order valence-corrected chi connectivity index (χ2v) is 4.12. The van der Waals surface area contributed by atoms with Crippen LogP contribution in [-0.2, 0) is 6.54 Å². The fraction of sp³-hybridized carbons (Fsp3) is 0.308. The van der Waals surface area contributed by atoms with Crippen LogP contribution < -0.4 is 0 Å². The number of nitrogens with zero attached hydrogens (tertiary/aromatic N) is 4. The summed E-state index contributed by atoms with van der Waals surface area (Å²) in [5.41, 5.74) is 2.96. The van der Waals surface area contributed by atoms with Crippen molar-refractivity contribution < 1.29 is 0 Å². The van der Waals surface area contributed by atoms with Crippen molar-refractivity contribution in [3.05, 3.63) is 46.5 Å². The highest BCUT2D eigenvalue weighted by Crippen LogP contribution is 2.12. The Labute approximate surface area is 101 Å². The molecule has 0 aliphatic heterocycles. The van der Waals surface area contributed by atoms with E-state index < -0.39 is 0 Å². The summed E-state index contributed by atoms with van der Waals surface area (Å²) >= 11 is 0. The highest BCUT2D eigenvalue weighted by Gasteiger charge is 2.05. The largest absolute Gasteiger partial charge is 0.246 e. The summed E-state index contributed by atoms with van der Waals surface area (Å²) in [5, 5.41) is 13.1. The average Bonchev–Trinajstić information content (AvgIpc) is 2.60. The number of hydrogen-bond donors (Lipinski definition) is 0. The molecule has 0 aliphatic rings. The van der Waals surface area contributed by atoms with Crippen molar-refractivity contribution in [1.82, 2.24) is 14.8 Å². The SMILES string of the molecule is Cc1nc(C)n(Cc2ccc(C#N)cc2C)n1. The molecular formula is C13H14N4. The lowest BCUT2D eigenvalue weighted by atomic mass is 10.1. The molecule has 17 heavy (non-hydrogen) atoms. The van der Waals surface area contributed by atoms with Crippen LogP contribution in [0.4, 0.5) is 0 Å². The minimum Gasteiger partial charge on any atom is -0.246 e. The number of benzene rings is 1. The molecule has 4 heteroatoms. The zero-order chi connectivity index (χ0) is 12.4. The third-order valence-electron chi connectivity index (χ3n) is 2.75. The van der Waals surface area contributed by atoms with Gasteiger partial charge in [0, 0.05) is 0 Å². The van der Waals surface area contributed by atoms with Gasteiger partial charge in [0.25, 0.3) is 0 Å². The van der Waals surface area contributed by atoms with Gasteiger partial charge in [-0.25, -0.2) is 9.67 Å². The van der Waals surface area contributed by atoms with Gasteiger partial charge in [0.15, 0.2) is 0 Å². The van der Waals surface area contributed by atoms with E-state index in [0.29, 0.717) is 12.1 Å². The summed E-state index contributed by atoms with van der Waals surface area (Å²) < 4.78 is 1.88. The van der Waals surface area contributed by atoms with Gasteiger partial charge in [0.05, 0.1) is 18.2 Å². The Morgan fingerprint density at radius 2 is 2.06 bits per heavy atom. The maximum Gasteiger partial charge on any atom is 0.147 e. The molecule has 86 valence electrons. The monoisotopic (exact) mass is 226 g/mol.